The summed E-state index contributed by atoms with van der Waals surface area (Å²) < 4.78 is 0. The van der Waals surface area contributed by atoms with Crippen LogP contribution in [0.1, 0.15) is 58.3 Å². The standard InChI is InChI=1S/C20H36N6O3/c1-3-17(25-19(28)15-8-9-16(21)10-15)12-24-26-20(29)23-11-13-4-6-14(7-5-13)18(27)22-2/h12-17H,3-11,21H2,1-2H3,(H,22,27)(H,25,28)(H2,23,26,29)/b24-12+/t13?,14?,15-,16-,17-/m0/s1. The van der Waals surface area contributed by atoms with Crippen molar-refractivity contribution in [2.24, 2.45) is 28.6 Å². The van der Waals surface area contributed by atoms with Gasteiger partial charge in [0, 0.05) is 37.7 Å². The van der Waals surface area contributed by atoms with Gasteiger partial charge in [-0.25, -0.2) is 10.2 Å². The zero-order chi connectivity index (χ0) is 21.2. The zero-order valence-corrected chi connectivity index (χ0v) is 17.6. The molecule has 4 amide bonds. The lowest BCUT2D eigenvalue weighted by atomic mass is 9.81. The van der Waals surface area contributed by atoms with Gasteiger partial charge in [-0.2, -0.15) is 5.10 Å². The van der Waals surface area contributed by atoms with Crippen molar-refractivity contribution in [3.8, 4) is 0 Å². The van der Waals surface area contributed by atoms with Crippen LogP contribution >= 0.6 is 0 Å². The molecule has 3 atom stereocenters. The van der Waals surface area contributed by atoms with Crippen molar-refractivity contribution in [2.45, 2.75) is 70.4 Å². The second-order valence-corrected chi connectivity index (χ2v) is 8.23. The fraction of sp³-hybridized carbons (Fsp3) is 0.800. The minimum atomic E-state index is -0.363. The van der Waals surface area contributed by atoms with Gasteiger partial charge < -0.3 is 21.7 Å². The summed E-state index contributed by atoms with van der Waals surface area (Å²) in [6, 6.07) is -0.471. The van der Waals surface area contributed by atoms with Crippen LogP contribution < -0.4 is 27.1 Å². The fourth-order valence-electron chi connectivity index (χ4n) is 4.10. The van der Waals surface area contributed by atoms with Crippen LogP contribution in [0.15, 0.2) is 5.10 Å². The third-order valence-electron chi connectivity index (χ3n) is 6.05. The smallest absolute Gasteiger partial charge is 0.335 e. The summed E-state index contributed by atoms with van der Waals surface area (Å²) in [6.07, 6.45) is 8.25. The quantitative estimate of drug-likeness (QED) is 0.300. The molecular formula is C20H36N6O3. The number of amides is 4. The van der Waals surface area contributed by atoms with Crippen LogP contribution in [0.4, 0.5) is 4.79 Å². The Hall–Kier alpha value is -2.16. The van der Waals surface area contributed by atoms with Crippen molar-refractivity contribution >= 4 is 24.1 Å². The van der Waals surface area contributed by atoms with E-state index in [2.05, 4.69) is 26.5 Å². The molecule has 6 N–H and O–H groups in total. The Balaban J connectivity index is 1.64. The fourth-order valence-corrected chi connectivity index (χ4v) is 4.10. The number of carbonyl (C=O) groups is 3. The maximum atomic E-state index is 12.3. The van der Waals surface area contributed by atoms with Gasteiger partial charge >= 0.3 is 6.03 Å². The molecule has 0 bridgehead atoms. The van der Waals surface area contributed by atoms with E-state index in [1.54, 1.807) is 13.3 Å². The van der Waals surface area contributed by atoms with E-state index in [0.29, 0.717) is 18.9 Å². The summed E-state index contributed by atoms with van der Waals surface area (Å²) in [4.78, 5) is 35.9. The molecule has 0 aromatic carbocycles. The van der Waals surface area contributed by atoms with E-state index in [1.165, 1.54) is 0 Å². The second kappa shape index (κ2) is 11.7. The lowest BCUT2D eigenvalue weighted by molar-refractivity contribution is -0.126. The summed E-state index contributed by atoms with van der Waals surface area (Å²) in [5.41, 5.74) is 8.33. The number of hydrazone groups is 1. The van der Waals surface area contributed by atoms with Crippen molar-refractivity contribution in [1.29, 1.82) is 0 Å². The molecule has 2 saturated carbocycles. The summed E-state index contributed by atoms with van der Waals surface area (Å²) in [6.45, 7) is 2.52. The van der Waals surface area contributed by atoms with Crippen LogP contribution in [0.2, 0.25) is 0 Å². The van der Waals surface area contributed by atoms with Crippen molar-refractivity contribution in [1.82, 2.24) is 21.4 Å². The van der Waals surface area contributed by atoms with E-state index in [4.69, 9.17) is 5.73 Å². The largest absolute Gasteiger partial charge is 0.359 e. The molecule has 29 heavy (non-hydrogen) atoms. The molecule has 2 aliphatic carbocycles. The van der Waals surface area contributed by atoms with E-state index in [9.17, 15) is 14.4 Å². The van der Waals surface area contributed by atoms with E-state index >= 15 is 0 Å². The Morgan fingerprint density at radius 2 is 1.76 bits per heavy atom. The first-order valence-corrected chi connectivity index (χ1v) is 10.8. The average molecular weight is 409 g/mol. The third-order valence-corrected chi connectivity index (χ3v) is 6.05. The molecule has 0 aliphatic heterocycles. The molecule has 9 nitrogen and oxygen atoms in total. The normalized spacial score (nSPS) is 28.0. The molecule has 0 unspecified atom stereocenters. The third kappa shape index (κ3) is 7.64. The van der Waals surface area contributed by atoms with Crippen LogP contribution in [0, 0.1) is 17.8 Å². The van der Waals surface area contributed by atoms with Crippen LogP contribution in [0.5, 0.6) is 0 Å². The average Bonchev–Trinajstić information content (AvgIpc) is 3.17. The molecule has 0 aromatic heterocycles. The number of rotatable bonds is 8. The lowest BCUT2D eigenvalue weighted by Crippen LogP contribution is -2.41. The zero-order valence-electron chi connectivity index (χ0n) is 17.6. The predicted molar refractivity (Wildman–Crippen MR) is 112 cm³/mol. The first-order chi connectivity index (χ1) is 13.9. The summed E-state index contributed by atoms with van der Waals surface area (Å²) in [5, 5.41) is 12.5. The number of nitrogens with two attached hydrogens (primary N) is 1. The number of urea groups is 1. The van der Waals surface area contributed by atoms with Crippen LogP contribution in [0.3, 0.4) is 0 Å². The van der Waals surface area contributed by atoms with Crippen molar-refractivity contribution in [3.05, 3.63) is 0 Å². The van der Waals surface area contributed by atoms with Gasteiger partial charge in [-0.05, 0) is 57.3 Å². The minimum absolute atomic E-state index is 0.00746. The number of nitrogens with zero attached hydrogens (tertiary/aromatic N) is 1. The highest BCUT2D eigenvalue weighted by Crippen LogP contribution is 2.28. The molecule has 0 saturated heterocycles. The molecule has 0 aromatic rings. The monoisotopic (exact) mass is 408 g/mol. The first kappa shape index (κ1) is 23.1. The van der Waals surface area contributed by atoms with Crippen molar-refractivity contribution < 1.29 is 14.4 Å². The Morgan fingerprint density at radius 3 is 2.34 bits per heavy atom. The molecule has 2 fully saturated rings. The van der Waals surface area contributed by atoms with Gasteiger partial charge in [-0.3, -0.25) is 9.59 Å². The topological polar surface area (TPSA) is 138 Å². The van der Waals surface area contributed by atoms with Gasteiger partial charge in [0.15, 0.2) is 0 Å². The van der Waals surface area contributed by atoms with Crippen LogP contribution in [-0.2, 0) is 9.59 Å². The summed E-state index contributed by atoms with van der Waals surface area (Å²) in [5.74, 6) is 0.564. The maximum Gasteiger partial charge on any atom is 0.335 e. The minimum Gasteiger partial charge on any atom is -0.359 e. The van der Waals surface area contributed by atoms with E-state index in [0.717, 1.165) is 44.9 Å². The van der Waals surface area contributed by atoms with Gasteiger partial charge in [0.2, 0.25) is 11.8 Å². The first-order valence-electron chi connectivity index (χ1n) is 10.8. The SMILES string of the molecule is CC[C@@H](/C=N/NC(=O)NCC1CCC(C(=O)NC)CC1)NC(=O)[C@H]1CC[C@H](N)C1. The van der Waals surface area contributed by atoms with Crippen molar-refractivity contribution in [2.75, 3.05) is 13.6 Å². The summed E-state index contributed by atoms with van der Waals surface area (Å²) in [7, 11) is 1.67. The highest BCUT2D eigenvalue weighted by atomic mass is 16.2. The molecule has 164 valence electrons. The Kier molecular flexibility index (Phi) is 9.37. The van der Waals surface area contributed by atoms with Gasteiger partial charge in [-0.15, -0.1) is 0 Å². The van der Waals surface area contributed by atoms with Gasteiger partial charge in [0.1, 0.15) is 0 Å². The van der Waals surface area contributed by atoms with E-state index in [1.807, 2.05) is 6.92 Å². The Bertz CT molecular complexity index is 589. The highest BCUT2D eigenvalue weighted by molar-refractivity contribution is 5.83. The number of hydrogen-bond acceptors (Lipinski definition) is 5. The van der Waals surface area contributed by atoms with Gasteiger partial charge in [0.05, 0.1) is 6.04 Å². The predicted octanol–water partition coefficient (Wildman–Crippen LogP) is 0.846. The van der Waals surface area contributed by atoms with Crippen molar-refractivity contribution in [3.63, 3.8) is 0 Å². The number of hydrogen-bond donors (Lipinski definition) is 5. The molecule has 0 heterocycles. The second-order valence-electron chi connectivity index (χ2n) is 8.23. The van der Waals surface area contributed by atoms with Gasteiger partial charge in [0.25, 0.3) is 0 Å². The number of carbonyl (C=O) groups excluding carboxylic acids is 3. The molecule has 9 heteroatoms. The molecule has 2 rings (SSSR count). The number of nitrogens with one attached hydrogen (secondary N) is 4. The van der Waals surface area contributed by atoms with Gasteiger partial charge in [-0.1, -0.05) is 6.92 Å². The maximum absolute atomic E-state index is 12.3. The lowest BCUT2D eigenvalue weighted by Gasteiger charge is -2.27. The highest BCUT2D eigenvalue weighted by Gasteiger charge is 2.28. The molecule has 0 radical (unpaired) electrons. The molecule has 2 aliphatic rings. The Morgan fingerprint density at radius 1 is 1.07 bits per heavy atom. The van der Waals surface area contributed by atoms with Crippen LogP contribution in [0.25, 0.3) is 0 Å². The molecular weight excluding hydrogens is 372 g/mol. The van der Waals surface area contributed by atoms with E-state index in [-0.39, 0.29) is 41.8 Å². The Labute approximate surface area is 173 Å². The molecule has 0 spiro atoms. The van der Waals surface area contributed by atoms with Crippen LogP contribution in [-0.4, -0.2) is 49.7 Å². The van der Waals surface area contributed by atoms with E-state index < -0.39 is 0 Å². The summed E-state index contributed by atoms with van der Waals surface area (Å²) >= 11 is 0.